The summed E-state index contributed by atoms with van der Waals surface area (Å²) in [4.78, 5) is 11.7. The minimum Gasteiger partial charge on any atom is -0.493 e. The molecule has 0 bridgehead atoms. The van der Waals surface area contributed by atoms with E-state index >= 15 is 0 Å². The van der Waals surface area contributed by atoms with Crippen LogP contribution >= 0.6 is 0 Å². The summed E-state index contributed by atoms with van der Waals surface area (Å²) in [5.74, 6) is 1.62. The number of halogens is 1. The lowest BCUT2D eigenvalue weighted by atomic mass is 10.1. The van der Waals surface area contributed by atoms with Gasteiger partial charge in [0.15, 0.2) is 0 Å². The third kappa shape index (κ3) is 4.86. The van der Waals surface area contributed by atoms with Crippen LogP contribution in [0.15, 0.2) is 18.2 Å². The molecule has 1 amide bonds. The van der Waals surface area contributed by atoms with Crippen LogP contribution in [-0.2, 0) is 4.74 Å². The summed E-state index contributed by atoms with van der Waals surface area (Å²) in [7, 11) is 0. The molecule has 1 aromatic rings. The Hall–Kier alpha value is -1.78. The van der Waals surface area contributed by atoms with Gasteiger partial charge in [0.05, 0.1) is 13.2 Å². The van der Waals surface area contributed by atoms with Crippen LogP contribution in [0, 0.1) is 17.7 Å². The van der Waals surface area contributed by atoms with Crippen LogP contribution in [-0.4, -0.2) is 24.8 Å². The summed E-state index contributed by atoms with van der Waals surface area (Å²) in [6.07, 6.45) is 2.93. The first-order chi connectivity index (χ1) is 11.3. The van der Waals surface area contributed by atoms with E-state index in [0.29, 0.717) is 19.1 Å². The normalized spacial score (nSPS) is 22.8. The molecule has 2 fully saturated rings. The van der Waals surface area contributed by atoms with Gasteiger partial charge in [0.2, 0.25) is 0 Å². The zero-order valence-electron chi connectivity index (χ0n) is 14.6. The van der Waals surface area contributed by atoms with Gasteiger partial charge in [-0.1, -0.05) is 0 Å². The molecule has 0 spiro atoms. The van der Waals surface area contributed by atoms with Crippen LogP contribution < -0.4 is 10.1 Å². The van der Waals surface area contributed by atoms with Crippen LogP contribution in [0.4, 0.5) is 9.18 Å². The molecule has 2 unspecified atom stereocenters. The van der Waals surface area contributed by atoms with E-state index in [4.69, 9.17) is 9.47 Å². The lowest BCUT2D eigenvalue weighted by molar-refractivity contribution is 0.132. The lowest BCUT2D eigenvalue weighted by Gasteiger charge is -2.20. The fourth-order valence-electron chi connectivity index (χ4n) is 2.77. The topological polar surface area (TPSA) is 47.6 Å². The molecule has 5 heteroatoms. The Morgan fingerprint density at radius 1 is 1.29 bits per heavy atom. The Balaban J connectivity index is 1.54. The van der Waals surface area contributed by atoms with Crippen molar-refractivity contribution < 1.29 is 18.7 Å². The maximum absolute atomic E-state index is 13.6. The first-order valence-corrected chi connectivity index (χ1v) is 8.69. The number of amides is 1. The van der Waals surface area contributed by atoms with E-state index in [1.807, 2.05) is 20.8 Å². The van der Waals surface area contributed by atoms with Gasteiger partial charge in [-0.25, -0.2) is 9.18 Å². The van der Waals surface area contributed by atoms with Crippen molar-refractivity contribution in [2.75, 3.05) is 13.2 Å². The maximum atomic E-state index is 13.6. The third-order valence-corrected chi connectivity index (χ3v) is 4.37. The number of alkyl carbamates (subject to hydrolysis) is 1. The summed E-state index contributed by atoms with van der Waals surface area (Å²) in [6, 6.07) is 4.72. The predicted molar refractivity (Wildman–Crippen MR) is 89.7 cm³/mol. The van der Waals surface area contributed by atoms with E-state index in [1.54, 1.807) is 12.1 Å². The summed E-state index contributed by atoms with van der Waals surface area (Å²) < 4.78 is 24.8. The number of hydrogen-bond donors (Lipinski definition) is 1. The molecule has 0 saturated heterocycles. The highest BCUT2D eigenvalue weighted by atomic mass is 19.1. The molecule has 1 N–H and O–H groups in total. The van der Waals surface area contributed by atoms with Gasteiger partial charge in [-0.05, 0) is 70.1 Å². The van der Waals surface area contributed by atoms with E-state index in [-0.39, 0.29) is 23.2 Å². The highest BCUT2D eigenvalue weighted by molar-refractivity contribution is 5.68. The molecule has 0 radical (unpaired) electrons. The minimum atomic E-state index is -0.405. The Kier molecular flexibility index (Phi) is 4.70. The van der Waals surface area contributed by atoms with Gasteiger partial charge < -0.3 is 14.8 Å². The second kappa shape index (κ2) is 6.61. The Labute approximate surface area is 142 Å². The fourth-order valence-corrected chi connectivity index (χ4v) is 2.77. The third-order valence-electron chi connectivity index (χ3n) is 4.37. The molecular formula is C19H26FNO3. The predicted octanol–water partition coefficient (Wildman–Crippen LogP) is 4.24. The minimum absolute atomic E-state index is 0.206. The van der Waals surface area contributed by atoms with Crippen molar-refractivity contribution >= 4 is 6.09 Å². The van der Waals surface area contributed by atoms with Crippen LogP contribution in [0.5, 0.6) is 5.75 Å². The fraction of sp³-hybridized carbons (Fsp3) is 0.632. The Morgan fingerprint density at radius 2 is 2.04 bits per heavy atom. The Morgan fingerprint density at radius 3 is 2.71 bits per heavy atom. The summed E-state index contributed by atoms with van der Waals surface area (Å²) in [6.45, 7) is 6.78. The lowest BCUT2D eigenvalue weighted by Crippen LogP contribution is -2.41. The van der Waals surface area contributed by atoms with Crippen molar-refractivity contribution in [1.82, 2.24) is 5.32 Å². The van der Waals surface area contributed by atoms with Gasteiger partial charge in [0.25, 0.3) is 0 Å². The van der Waals surface area contributed by atoms with E-state index in [9.17, 15) is 9.18 Å². The highest BCUT2D eigenvalue weighted by Gasteiger charge is 2.41. The largest absolute Gasteiger partial charge is 0.493 e. The van der Waals surface area contributed by atoms with Gasteiger partial charge in [-0.2, -0.15) is 0 Å². The molecule has 3 rings (SSSR count). The molecule has 0 aromatic heterocycles. The van der Waals surface area contributed by atoms with Gasteiger partial charge in [0.1, 0.15) is 11.6 Å². The van der Waals surface area contributed by atoms with Crippen LogP contribution in [0.2, 0.25) is 0 Å². The molecule has 2 atom stereocenters. The Bertz CT molecular complexity index is 607. The molecular weight excluding hydrogens is 309 g/mol. The van der Waals surface area contributed by atoms with Crippen molar-refractivity contribution in [3.8, 4) is 5.75 Å². The van der Waals surface area contributed by atoms with Crippen molar-refractivity contribution in [1.29, 1.82) is 0 Å². The van der Waals surface area contributed by atoms with Crippen LogP contribution in [0.1, 0.15) is 51.5 Å². The van der Waals surface area contributed by atoms with E-state index in [2.05, 4.69) is 5.32 Å². The zero-order chi connectivity index (χ0) is 17.3. The van der Waals surface area contributed by atoms with E-state index in [0.717, 1.165) is 17.7 Å². The molecule has 132 valence electrons. The SMILES string of the molecule is CC(C)(C)NC(=O)OCC1CC1c1cc(F)ccc1OCC1CC1. The summed E-state index contributed by atoms with van der Waals surface area (Å²) in [5, 5.41) is 2.77. The summed E-state index contributed by atoms with van der Waals surface area (Å²) in [5.41, 5.74) is 0.590. The standard InChI is InChI=1S/C19H26FNO3/c1-19(2,3)21-18(22)24-11-13-8-15(13)16-9-14(20)6-7-17(16)23-10-12-4-5-12/h6-7,9,12-13,15H,4-5,8,10-11H2,1-3H3,(H,21,22). The number of ether oxygens (including phenoxy) is 2. The average Bonchev–Trinajstić information content (AvgIpc) is 3.36. The number of hydrogen-bond acceptors (Lipinski definition) is 3. The molecule has 2 aliphatic carbocycles. The van der Waals surface area contributed by atoms with Crippen LogP contribution in [0.3, 0.4) is 0 Å². The number of benzene rings is 1. The first-order valence-electron chi connectivity index (χ1n) is 8.69. The van der Waals surface area contributed by atoms with E-state index < -0.39 is 6.09 Å². The molecule has 0 aliphatic heterocycles. The molecule has 0 heterocycles. The van der Waals surface area contributed by atoms with Gasteiger partial charge in [-0.3, -0.25) is 0 Å². The second-order valence-corrected chi connectivity index (χ2v) is 8.01. The number of carbonyl (C=O) groups excluding carboxylic acids is 1. The highest BCUT2D eigenvalue weighted by Crippen LogP contribution is 2.50. The van der Waals surface area contributed by atoms with Crippen molar-refractivity contribution in [3.05, 3.63) is 29.6 Å². The van der Waals surface area contributed by atoms with Gasteiger partial charge in [-0.15, -0.1) is 0 Å². The van der Waals surface area contributed by atoms with E-state index in [1.165, 1.54) is 18.9 Å². The number of nitrogens with one attached hydrogen (secondary N) is 1. The molecule has 2 saturated carbocycles. The van der Waals surface area contributed by atoms with Crippen molar-refractivity contribution in [3.63, 3.8) is 0 Å². The van der Waals surface area contributed by atoms with Crippen molar-refractivity contribution in [2.45, 2.75) is 51.5 Å². The molecule has 1 aromatic carbocycles. The first kappa shape index (κ1) is 17.1. The second-order valence-electron chi connectivity index (χ2n) is 8.01. The van der Waals surface area contributed by atoms with Crippen molar-refractivity contribution in [2.24, 2.45) is 11.8 Å². The molecule has 4 nitrogen and oxygen atoms in total. The molecule has 24 heavy (non-hydrogen) atoms. The average molecular weight is 335 g/mol. The van der Waals surface area contributed by atoms with Gasteiger partial charge >= 0.3 is 6.09 Å². The molecule has 2 aliphatic rings. The smallest absolute Gasteiger partial charge is 0.407 e. The van der Waals surface area contributed by atoms with Crippen LogP contribution in [0.25, 0.3) is 0 Å². The number of carbonyl (C=O) groups is 1. The monoisotopic (exact) mass is 335 g/mol. The maximum Gasteiger partial charge on any atom is 0.407 e. The number of rotatable bonds is 6. The summed E-state index contributed by atoms with van der Waals surface area (Å²) >= 11 is 0. The zero-order valence-corrected chi connectivity index (χ0v) is 14.6. The van der Waals surface area contributed by atoms with Gasteiger partial charge in [0, 0.05) is 17.0 Å². The quantitative estimate of drug-likeness (QED) is 0.846.